The molecule has 0 radical (unpaired) electrons. The van der Waals surface area contributed by atoms with Crippen molar-refractivity contribution in [1.29, 1.82) is 0 Å². The lowest BCUT2D eigenvalue weighted by molar-refractivity contribution is -0.125. The van der Waals surface area contributed by atoms with Gasteiger partial charge in [-0.15, -0.1) is 0 Å². The number of nitrogens with zero attached hydrogens (tertiary/aromatic N) is 2. The van der Waals surface area contributed by atoms with Crippen molar-refractivity contribution in [2.24, 2.45) is 0 Å². The number of nitrogens with one attached hydrogen (secondary N) is 3. The van der Waals surface area contributed by atoms with Gasteiger partial charge in [-0.3, -0.25) is 14.2 Å². The highest BCUT2D eigenvalue weighted by molar-refractivity contribution is 5.87. The number of amides is 3. The van der Waals surface area contributed by atoms with Crippen LogP contribution in [0.2, 0.25) is 0 Å². The van der Waals surface area contributed by atoms with Crippen molar-refractivity contribution in [1.82, 2.24) is 20.2 Å². The van der Waals surface area contributed by atoms with Crippen molar-refractivity contribution < 1.29 is 28.6 Å². The lowest BCUT2D eigenvalue weighted by Crippen LogP contribution is -2.54. The summed E-state index contributed by atoms with van der Waals surface area (Å²) >= 11 is 0. The van der Waals surface area contributed by atoms with Crippen LogP contribution in [0.15, 0.2) is 47.4 Å². The van der Waals surface area contributed by atoms with Crippen LogP contribution in [0, 0.1) is 0 Å². The molecular formula is C26H33N5O7. The first kappa shape index (κ1) is 27.3. The molecule has 2 aromatic rings. The van der Waals surface area contributed by atoms with Crippen LogP contribution in [-0.2, 0) is 30.2 Å². The predicted octanol–water partition coefficient (Wildman–Crippen LogP) is 1.51. The quantitative estimate of drug-likeness (QED) is 0.490. The van der Waals surface area contributed by atoms with Crippen LogP contribution in [0.1, 0.15) is 45.9 Å². The van der Waals surface area contributed by atoms with Crippen LogP contribution < -0.4 is 21.6 Å². The Kier molecular flexibility index (Phi) is 8.12. The minimum atomic E-state index is -0.892. The Morgan fingerprint density at radius 1 is 1.18 bits per heavy atom. The van der Waals surface area contributed by atoms with E-state index in [0.717, 1.165) is 5.56 Å². The maximum absolute atomic E-state index is 13.3. The standard InChI is InChI=1S/C26H33N5O7/c1-15(32)27-20-10-11-31(24(34)30-20)21-13-19-22(37-21)18(14-36-19)28-23(33)17(12-16-8-6-5-7-9-16)29-25(35)38-26(2,3)4/h5-11,17-19,21-22H,12-14H2,1-4H3,(H,28,33)(H,29,35)(H,27,30,32,34). The van der Waals surface area contributed by atoms with Gasteiger partial charge in [0.2, 0.25) is 11.8 Å². The number of hydrogen-bond donors (Lipinski definition) is 3. The molecule has 2 aliphatic heterocycles. The summed E-state index contributed by atoms with van der Waals surface area (Å²) in [6, 6.07) is 9.47. The number of fused-ring (bicyclic) bond motifs is 1. The number of alkyl carbamates (subject to hydrolysis) is 1. The highest BCUT2D eigenvalue weighted by Gasteiger charge is 2.47. The molecule has 12 heteroatoms. The van der Waals surface area contributed by atoms with Gasteiger partial charge in [-0.05, 0) is 32.4 Å². The van der Waals surface area contributed by atoms with Crippen LogP contribution in [0.5, 0.6) is 0 Å². The van der Waals surface area contributed by atoms with E-state index >= 15 is 0 Å². The zero-order valence-corrected chi connectivity index (χ0v) is 21.8. The Morgan fingerprint density at radius 2 is 1.92 bits per heavy atom. The summed E-state index contributed by atoms with van der Waals surface area (Å²) in [6.45, 7) is 6.80. The predicted molar refractivity (Wildman–Crippen MR) is 136 cm³/mol. The average molecular weight is 528 g/mol. The molecule has 12 nitrogen and oxygen atoms in total. The molecular weight excluding hydrogens is 494 g/mol. The summed E-state index contributed by atoms with van der Waals surface area (Å²) in [5, 5.41) is 8.09. The number of aromatic nitrogens is 2. The normalized spacial score (nSPS) is 23.3. The molecule has 204 valence electrons. The summed E-state index contributed by atoms with van der Waals surface area (Å²) in [4.78, 5) is 53.4. The van der Waals surface area contributed by atoms with E-state index in [1.807, 2.05) is 30.3 Å². The van der Waals surface area contributed by atoms with Gasteiger partial charge in [-0.25, -0.2) is 9.59 Å². The van der Waals surface area contributed by atoms with Gasteiger partial charge in [-0.2, -0.15) is 4.98 Å². The second-order valence-electron chi connectivity index (χ2n) is 10.4. The van der Waals surface area contributed by atoms with Crippen molar-refractivity contribution in [2.75, 3.05) is 11.9 Å². The van der Waals surface area contributed by atoms with Crippen molar-refractivity contribution >= 4 is 23.7 Å². The zero-order valence-electron chi connectivity index (χ0n) is 21.8. The molecule has 0 saturated carbocycles. The molecule has 38 heavy (non-hydrogen) atoms. The van der Waals surface area contributed by atoms with Crippen LogP contribution >= 0.6 is 0 Å². The maximum atomic E-state index is 13.3. The maximum Gasteiger partial charge on any atom is 0.408 e. The minimum absolute atomic E-state index is 0.153. The Hall–Kier alpha value is -3.77. The molecule has 5 atom stereocenters. The Balaban J connectivity index is 1.43. The van der Waals surface area contributed by atoms with Gasteiger partial charge in [0.1, 0.15) is 29.8 Å². The van der Waals surface area contributed by atoms with E-state index in [-0.39, 0.29) is 30.9 Å². The van der Waals surface area contributed by atoms with Crippen LogP contribution in [0.4, 0.5) is 10.6 Å². The molecule has 4 rings (SSSR count). The van der Waals surface area contributed by atoms with Gasteiger partial charge in [0.25, 0.3) is 0 Å². The smallest absolute Gasteiger partial charge is 0.408 e. The second-order valence-corrected chi connectivity index (χ2v) is 10.4. The Labute approximate surface area is 220 Å². The minimum Gasteiger partial charge on any atom is -0.444 e. The van der Waals surface area contributed by atoms with Crippen molar-refractivity contribution in [3.8, 4) is 0 Å². The molecule has 2 fully saturated rings. The first-order valence-corrected chi connectivity index (χ1v) is 12.5. The van der Waals surface area contributed by atoms with E-state index in [0.29, 0.717) is 6.42 Å². The molecule has 0 aliphatic carbocycles. The molecule has 2 saturated heterocycles. The highest BCUT2D eigenvalue weighted by atomic mass is 16.6. The Bertz CT molecular complexity index is 1230. The fourth-order valence-electron chi connectivity index (χ4n) is 4.47. The number of benzene rings is 1. The average Bonchev–Trinajstić information content (AvgIpc) is 3.39. The summed E-state index contributed by atoms with van der Waals surface area (Å²) in [6.07, 6.45) is -0.0125. The van der Waals surface area contributed by atoms with E-state index < -0.39 is 47.7 Å². The van der Waals surface area contributed by atoms with Crippen LogP contribution in [-0.4, -0.2) is 64.0 Å². The van der Waals surface area contributed by atoms with Gasteiger partial charge >= 0.3 is 11.8 Å². The van der Waals surface area contributed by atoms with Crippen molar-refractivity contribution in [3.05, 3.63) is 58.6 Å². The largest absolute Gasteiger partial charge is 0.444 e. The van der Waals surface area contributed by atoms with Gasteiger partial charge in [0.05, 0.1) is 18.8 Å². The summed E-state index contributed by atoms with van der Waals surface area (Å²) < 4.78 is 18.7. The molecule has 3 heterocycles. The Morgan fingerprint density at radius 3 is 2.58 bits per heavy atom. The summed E-state index contributed by atoms with van der Waals surface area (Å²) in [5.74, 6) is -0.584. The van der Waals surface area contributed by atoms with Crippen molar-refractivity contribution in [2.45, 2.75) is 76.7 Å². The first-order valence-electron chi connectivity index (χ1n) is 12.5. The highest BCUT2D eigenvalue weighted by Crippen LogP contribution is 2.35. The van der Waals surface area contributed by atoms with Gasteiger partial charge < -0.3 is 30.2 Å². The fraction of sp³-hybridized carbons (Fsp3) is 0.500. The number of carbonyl (C=O) groups excluding carboxylic acids is 3. The number of carbonyl (C=O) groups is 3. The molecule has 5 unspecified atom stereocenters. The van der Waals surface area contributed by atoms with E-state index in [4.69, 9.17) is 14.2 Å². The topological polar surface area (TPSA) is 150 Å². The SMILES string of the molecule is CC(=O)Nc1ccn(C2CC3OCC(NC(=O)C(Cc4ccccc4)NC(=O)OC(C)(C)C)C3O2)c(=O)n1. The van der Waals surface area contributed by atoms with Crippen molar-refractivity contribution in [3.63, 3.8) is 0 Å². The molecule has 1 aromatic carbocycles. The molecule has 1 aromatic heterocycles. The summed E-state index contributed by atoms with van der Waals surface area (Å²) in [5.41, 5.74) is -0.424. The van der Waals surface area contributed by atoms with E-state index in [1.165, 1.54) is 23.8 Å². The van der Waals surface area contributed by atoms with E-state index in [1.54, 1.807) is 20.8 Å². The lowest BCUT2D eigenvalue weighted by Gasteiger charge is -2.25. The fourth-order valence-corrected chi connectivity index (χ4v) is 4.47. The number of hydrogen-bond acceptors (Lipinski definition) is 8. The third-order valence-corrected chi connectivity index (χ3v) is 6.06. The number of anilines is 1. The number of ether oxygens (including phenoxy) is 3. The lowest BCUT2D eigenvalue weighted by atomic mass is 10.0. The van der Waals surface area contributed by atoms with E-state index in [2.05, 4.69) is 20.9 Å². The first-order chi connectivity index (χ1) is 18.0. The monoisotopic (exact) mass is 527 g/mol. The number of rotatable bonds is 7. The third-order valence-electron chi connectivity index (χ3n) is 6.06. The molecule has 3 N–H and O–H groups in total. The van der Waals surface area contributed by atoms with E-state index in [9.17, 15) is 19.2 Å². The second kappa shape index (κ2) is 11.3. The van der Waals surface area contributed by atoms with Gasteiger partial charge in [0, 0.05) is 26.0 Å². The third kappa shape index (κ3) is 6.95. The molecule has 2 aliphatic rings. The van der Waals surface area contributed by atoms with Crippen LogP contribution in [0.3, 0.4) is 0 Å². The molecule has 0 spiro atoms. The molecule has 0 bridgehead atoms. The van der Waals surface area contributed by atoms with Gasteiger partial charge in [0.15, 0.2) is 0 Å². The van der Waals surface area contributed by atoms with Crippen LogP contribution in [0.25, 0.3) is 0 Å². The van der Waals surface area contributed by atoms with Gasteiger partial charge in [-0.1, -0.05) is 30.3 Å². The molecule has 3 amide bonds. The summed E-state index contributed by atoms with van der Waals surface area (Å²) in [7, 11) is 0. The zero-order chi connectivity index (χ0) is 27.4.